The monoisotopic (exact) mass is 269 g/mol. The second-order valence-corrected chi connectivity index (χ2v) is 5.56. The standard InChI is InChI=1S/C15H15N3S/c1-11-7-13(9-16-8-11)17-15-18-14(10-19-15)12-5-3-2-4-6-12/h2-9,14H,10H2,1H3,(H,17,18). The minimum absolute atomic E-state index is 0.256. The van der Waals surface area contributed by atoms with E-state index in [1.807, 2.05) is 25.4 Å². The Labute approximate surface area is 117 Å². The molecule has 1 aliphatic heterocycles. The molecule has 0 saturated carbocycles. The molecule has 1 aromatic carbocycles. The van der Waals surface area contributed by atoms with Crippen LogP contribution < -0.4 is 5.32 Å². The van der Waals surface area contributed by atoms with Gasteiger partial charge in [-0.1, -0.05) is 42.1 Å². The van der Waals surface area contributed by atoms with Crippen LogP contribution in [0.5, 0.6) is 0 Å². The number of pyridine rings is 1. The summed E-state index contributed by atoms with van der Waals surface area (Å²) in [5, 5.41) is 4.31. The number of hydrogen-bond donors (Lipinski definition) is 1. The molecule has 3 nitrogen and oxygen atoms in total. The average molecular weight is 269 g/mol. The van der Waals surface area contributed by atoms with Gasteiger partial charge in [-0.15, -0.1) is 0 Å². The first-order chi connectivity index (χ1) is 9.31. The molecule has 96 valence electrons. The molecule has 1 unspecified atom stereocenters. The zero-order valence-electron chi connectivity index (χ0n) is 10.7. The van der Waals surface area contributed by atoms with Gasteiger partial charge in [-0.3, -0.25) is 9.98 Å². The minimum Gasteiger partial charge on any atom is -0.334 e. The molecule has 1 aliphatic rings. The van der Waals surface area contributed by atoms with E-state index in [2.05, 4.69) is 40.6 Å². The summed E-state index contributed by atoms with van der Waals surface area (Å²) in [4.78, 5) is 8.90. The summed E-state index contributed by atoms with van der Waals surface area (Å²) in [6, 6.07) is 12.7. The molecule has 1 atom stereocenters. The minimum atomic E-state index is 0.256. The second kappa shape index (κ2) is 5.45. The van der Waals surface area contributed by atoms with Crippen LogP contribution in [0.3, 0.4) is 0 Å². The van der Waals surface area contributed by atoms with E-state index < -0.39 is 0 Å². The first-order valence-corrected chi connectivity index (χ1v) is 7.24. The normalized spacial score (nSPS) is 18.2. The Kier molecular flexibility index (Phi) is 3.51. The predicted octanol–water partition coefficient (Wildman–Crippen LogP) is 3.65. The maximum Gasteiger partial charge on any atom is 0.161 e. The SMILES string of the molecule is Cc1cncc(NC2=NC(c3ccccc3)CS2)c1. The molecule has 1 aromatic heterocycles. The third kappa shape index (κ3) is 2.96. The van der Waals surface area contributed by atoms with Crippen LogP contribution in [0.4, 0.5) is 5.69 Å². The third-order valence-corrected chi connectivity index (χ3v) is 3.92. The molecule has 3 rings (SSSR count). The van der Waals surface area contributed by atoms with Gasteiger partial charge in [0.2, 0.25) is 0 Å². The molecule has 2 aromatic rings. The van der Waals surface area contributed by atoms with Gasteiger partial charge in [0, 0.05) is 11.9 Å². The van der Waals surface area contributed by atoms with Crippen molar-refractivity contribution in [1.29, 1.82) is 0 Å². The Morgan fingerprint density at radius 1 is 1.21 bits per heavy atom. The first kappa shape index (κ1) is 12.2. The number of aromatic nitrogens is 1. The smallest absolute Gasteiger partial charge is 0.161 e. The average Bonchev–Trinajstić information content (AvgIpc) is 2.88. The number of hydrogen-bond acceptors (Lipinski definition) is 4. The summed E-state index contributed by atoms with van der Waals surface area (Å²) >= 11 is 1.76. The number of nitrogens with zero attached hydrogens (tertiary/aromatic N) is 2. The van der Waals surface area contributed by atoms with E-state index >= 15 is 0 Å². The van der Waals surface area contributed by atoms with Crippen molar-refractivity contribution in [2.75, 3.05) is 11.1 Å². The number of amidine groups is 1. The summed E-state index contributed by atoms with van der Waals surface area (Å²) in [5.74, 6) is 0.992. The van der Waals surface area contributed by atoms with Crippen LogP contribution in [0.2, 0.25) is 0 Å². The Hall–Kier alpha value is -1.81. The summed E-state index contributed by atoms with van der Waals surface area (Å²) < 4.78 is 0. The molecule has 2 heterocycles. The lowest BCUT2D eigenvalue weighted by Gasteiger charge is -2.05. The molecule has 0 fully saturated rings. The lowest BCUT2D eigenvalue weighted by Crippen LogP contribution is -2.05. The van der Waals surface area contributed by atoms with E-state index in [0.29, 0.717) is 0 Å². The highest BCUT2D eigenvalue weighted by atomic mass is 32.2. The van der Waals surface area contributed by atoms with Crippen LogP contribution >= 0.6 is 11.8 Å². The molecule has 0 saturated heterocycles. The first-order valence-electron chi connectivity index (χ1n) is 6.25. The summed E-state index contributed by atoms with van der Waals surface area (Å²) in [7, 11) is 0. The van der Waals surface area contributed by atoms with Crippen LogP contribution in [-0.2, 0) is 0 Å². The largest absolute Gasteiger partial charge is 0.334 e. The lowest BCUT2D eigenvalue weighted by molar-refractivity contribution is 0.849. The van der Waals surface area contributed by atoms with Gasteiger partial charge in [-0.25, -0.2) is 0 Å². The molecular weight excluding hydrogens is 254 g/mol. The van der Waals surface area contributed by atoms with E-state index in [1.54, 1.807) is 11.8 Å². The number of aryl methyl sites for hydroxylation is 1. The van der Waals surface area contributed by atoms with Crippen molar-refractivity contribution < 1.29 is 0 Å². The van der Waals surface area contributed by atoms with Gasteiger partial charge in [0.15, 0.2) is 5.17 Å². The summed E-state index contributed by atoms with van der Waals surface area (Å²) in [6.45, 7) is 2.04. The molecule has 1 N–H and O–H groups in total. The van der Waals surface area contributed by atoms with Crippen LogP contribution in [0.15, 0.2) is 53.8 Å². The maximum atomic E-state index is 4.72. The summed E-state index contributed by atoms with van der Waals surface area (Å²) in [5.41, 5.74) is 3.42. The van der Waals surface area contributed by atoms with Gasteiger partial charge in [0.1, 0.15) is 0 Å². The molecular formula is C15H15N3S. The third-order valence-electron chi connectivity index (χ3n) is 2.96. The number of aliphatic imine (C=N–C) groups is 1. The number of anilines is 1. The van der Waals surface area contributed by atoms with Crippen molar-refractivity contribution in [1.82, 2.24) is 4.98 Å². The van der Waals surface area contributed by atoms with Gasteiger partial charge in [-0.2, -0.15) is 0 Å². The maximum absolute atomic E-state index is 4.72. The van der Waals surface area contributed by atoms with E-state index in [1.165, 1.54) is 5.56 Å². The molecule has 0 spiro atoms. The van der Waals surface area contributed by atoms with Crippen LogP contribution in [-0.4, -0.2) is 15.9 Å². The highest BCUT2D eigenvalue weighted by molar-refractivity contribution is 8.14. The lowest BCUT2D eigenvalue weighted by atomic mass is 10.1. The fraction of sp³-hybridized carbons (Fsp3) is 0.200. The van der Waals surface area contributed by atoms with Crippen molar-refractivity contribution in [3.63, 3.8) is 0 Å². The molecule has 0 bridgehead atoms. The van der Waals surface area contributed by atoms with Crippen molar-refractivity contribution >= 4 is 22.6 Å². The van der Waals surface area contributed by atoms with Gasteiger partial charge < -0.3 is 5.32 Å². The van der Waals surface area contributed by atoms with Crippen molar-refractivity contribution in [2.24, 2.45) is 4.99 Å². The Bertz CT molecular complexity index is 595. The molecule has 4 heteroatoms. The quantitative estimate of drug-likeness (QED) is 0.904. The van der Waals surface area contributed by atoms with E-state index in [-0.39, 0.29) is 6.04 Å². The molecule has 19 heavy (non-hydrogen) atoms. The van der Waals surface area contributed by atoms with E-state index in [9.17, 15) is 0 Å². The fourth-order valence-electron chi connectivity index (χ4n) is 2.04. The highest BCUT2D eigenvalue weighted by Gasteiger charge is 2.19. The Balaban J connectivity index is 1.74. The van der Waals surface area contributed by atoms with Crippen LogP contribution in [0, 0.1) is 6.92 Å². The van der Waals surface area contributed by atoms with E-state index in [4.69, 9.17) is 4.99 Å². The Morgan fingerprint density at radius 3 is 2.84 bits per heavy atom. The number of rotatable bonds is 2. The van der Waals surface area contributed by atoms with Crippen LogP contribution in [0.25, 0.3) is 0 Å². The summed E-state index contributed by atoms with van der Waals surface area (Å²) in [6.07, 6.45) is 3.67. The van der Waals surface area contributed by atoms with Gasteiger partial charge in [0.05, 0.1) is 17.9 Å². The van der Waals surface area contributed by atoms with Gasteiger partial charge in [0.25, 0.3) is 0 Å². The van der Waals surface area contributed by atoms with Gasteiger partial charge in [-0.05, 0) is 24.1 Å². The number of thioether (sulfide) groups is 1. The van der Waals surface area contributed by atoms with Crippen molar-refractivity contribution in [3.8, 4) is 0 Å². The molecule has 0 aliphatic carbocycles. The topological polar surface area (TPSA) is 37.3 Å². The van der Waals surface area contributed by atoms with Crippen molar-refractivity contribution in [2.45, 2.75) is 13.0 Å². The number of benzene rings is 1. The van der Waals surface area contributed by atoms with E-state index in [0.717, 1.165) is 22.2 Å². The predicted molar refractivity (Wildman–Crippen MR) is 81.7 cm³/mol. The van der Waals surface area contributed by atoms with Crippen molar-refractivity contribution in [3.05, 3.63) is 59.9 Å². The Morgan fingerprint density at radius 2 is 2.05 bits per heavy atom. The zero-order chi connectivity index (χ0) is 13.1. The number of nitrogens with one attached hydrogen (secondary N) is 1. The van der Waals surface area contributed by atoms with Crippen LogP contribution in [0.1, 0.15) is 17.2 Å². The zero-order valence-corrected chi connectivity index (χ0v) is 11.5. The van der Waals surface area contributed by atoms with Gasteiger partial charge >= 0.3 is 0 Å². The second-order valence-electron chi connectivity index (χ2n) is 4.55. The fourth-order valence-corrected chi connectivity index (χ4v) is 3.01. The molecule has 0 radical (unpaired) electrons. The molecule has 0 amide bonds. The highest BCUT2D eigenvalue weighted by Crippen LogP contribution is 2.30.